The molecule has 0 spiro atoms. The summed E-state index contributed by atoms with van der Waals surface area (Å²) in [6.07, 6.45) is 0.528. The fourth-order valence-electron chi connectivity index (χ4n) is 2.58. The van der Waals surface area contributed by atoms with Crippen molar-refractivity contribution in [1.82, 2.24) is 10.2 Å². The topological polar surface area (TPSA) is 95.9 Å². The Kier molecular flexibility index (Phi) is 5.69. The number of nitrogens with one attached hydrogen (secondary N) is 1. The second-order valence-corrected chi connectivity index (χ2v) is 6.12. The van der Waals surface area contributed by atoms with Crippen LogP contribution in [-0.4, -0.2) is 60.1 Å². The van der Waals surface area contributed by atoms with Crippen LogP contribution in [0.15, 0.2) is 24.3 Å². The van der Waals surface area contributed by atoms with Crippen molar-refractivity contribution in [2.75, 3.05) is 26.8 Å². The van der Waals surface area contributed by atoms with Gasteiger partial charge in [-0.25, -0.2) is 0 Å². The number of ether oxygens (including phenoxy) is 1. The van der Waals surface area contributed by atoms with Gasteiger partial charge in [0.15, 0.2) is 0 Å². The van der Waals surface area contributed by atoms with Crippen molar-refractivity contribution in [2.24, 2.45) is 0 Å². The molecule has 1 aliphatic heterocycles. The van der Waals surface area contributed by atoms with Crippen LogP contribution in [0.2, 0.25) is 0 Å². The highest BCUT2D eigenvalue weighted by molar-refractivity contribution is 6.21. The first kappa shape index (κ1) is 18.1. The number of hydrogen-bond donors (Lipinski definition) is 2. The number of benzene rings is 1. The van der Waals surface area contributed by atoms with Gasteiger partial charge in [0.05, 0.1) is 17.7 Å². The molecule has 2 N–H and O–H groups in total. The molecular formula is C17H22N2O5. The number of nitrogens with zero attached hydrogens (tertiary/aromatic N) is 1. The lowest BCUT2D eigenvalue weighted by Crippen LogP contribution is -2.43. The molecule has 0 saturated carbocycles. The third kappa shape index (κ3) is 4.18. The predicted molar refractivity (Wildman–Crippen MR) is 86.6 cm³/mol. The van der Waals surface area contributed by atoms with Crippen LogP contribution < -0.4 is 5.32 Å². The Morgan fingerprint density at radius 2 is 1.83 bits per heavy atom. The van der Waals surface area contributed by atoms with Crippen LogP contribution in [0, 0.1) is 0 Å². The second kappa shape index (κ2) is 7.55. The molecule has 0 aromatic heterocycles. The van der Waals surface area contributed by atoms with Crippen molar-refractivity contribution in [1.29, 1.82) is 0 Å². The summed E-state index contributed by atoms with van der Waals surface area (Å²) in [4.78, 5) is 37.3. The molecule has 0 radical (unpaired) electrons. The van der Waals surface area contributed by atoms with E-state index in [9.17, 15) is 19.5 Å². The molecule has 1 unspecified atom stereocenters. The minimum absolute atomic E-state index is 0.0761. The Morgan fingerprint density at radius 1 is 1.25 bits per heavy atom. The van der Waals surface area contributed by atoms with E-state index in [-0.39, 0.29) is 43.8 Å². The molecule has 1 aromatic rings. The maximum atomic E-state index is 12.2. The third-order valence-electron chi connectivity index (χ3n) is 3.79. The zero-order chi connectivity index (χ0) is 17.7. The predicted octanol–water partition coefficient (Wildman–Crippen LogP) is 0.576. The molecule has 1 aliphatic rings. The first-order valence-electron chi connectivity index (χ1n) is 7.79. The molecule has 7 heteroatoms. The quantitative estimate of drug-likeness (QED) is 0.678. The monoisotopic (exact) mass is 334 g/mol. The summed E-state index contributed by atoms with van der Waals surface area (Å²) >= 11 is 0. The van der Waals surface area contributed by atoms with Crippen LogP contribution in [0.1, 0.15) is 40.5 Å². The van der Waals surface area contributed by atoms with Crippen LogP contribution in [0.25, 0.3) is 0 Å². The average Bonchev–Trinajstić information content (AvgIpc) is 2.78. The highest BCUT2D eigenvalue weighted by Crippen LogP contribution is 2.22. The van der Waals surface area contributed by atoms with E-state index in [2.05, 4.69) is 5.32 Å². The molecule has 0 saturated heterocycles. The lowest BCUT2D eigenvalue weighted by atomic mass is 10.1. The smallest absolute Gasteiger partial charge is 0.261 e. The number of hydrogen-bond acceptors (Lipinski definition) is 5. The van der Waals surface area contributed by atoms with Gasteiger partial charge in [-0.05, 0) is 25.5 Å². The van der Waals surface area contributed by atoms with Gasteiger partial charge in [-0.2, -0.15) is 0 Å². The maximum absolute atomic E-state index is 12.2. The van der Waals surface area contributed by atoms with E-state index in [1.54, 1.807) is 31.2 Å². The minimum atomic E-state index is -1.13. The lowest BCUT2D eigenvalue weighted by Gasteiger charge is -2.22. The summed E-state index contributed by atoms with van der Waals surface area (Å²) in [6.45, 7) is 1.94. The largest absolute Gasteiger partial charge is 0.386 e. The molecule has 1 atom stereocenters. The first-order valence-corrected chi connectivity index (χ1v) is 7.79. The molecule has 2 rings (SSSR count). The number of carbonyl (C=O) groups excluding carboxylic acids is 3. The SMILES string of the molecule is COCC(C)(O)CNC(=O)CCCN1C(=O)c2ccccc2C1=O. The van der Waals surface area contributed by atoms with Crippen molar-refractivity contribution >= 4 is 17.7 Å². The van der Waals surface area contributed by atoms with Crippen LogP contribution in [0.3, 0.4) is 0 Å². The summed E-state index contributed by atoms with van der Waals surface area (Å²) in [5, 5.41) is 12.5. The van der Waals surface area contributed by atoms with Gasteiger partial charge >= 0.3 is 0 Å². The molecule has 24 heavy (non-hydrogen) atoms. The second-order valence-electron chi connectivity index (χ2n) is 6.12. The molecule has 1 heterocycles. The number of carbonyl (C=O) groups is 3. The molecule has 1 aromatic carbocycles. The van der Waals surface area contributed by atoms with E-state index in [1.807, 2.05) is 0 Å². The summed E-state index contributed by atoms with van der Waals surface area (Å²) in [7, 11) is 1.47. The Balaban J connectivity index is 1.78. The van der Waals surface area contributed by atoms with Gasteiger partial charge in [0, 0.05) is 26.6 Å². The summed E-state index contributed by atoms with van der Waals surface area (Å²) in [6, 6.07) is 6.68. The summed E-state index contributed by atoms with van der Waals surface area (Å²) in [5.74, 6) is -0.888. The van der Waals surface area contributed by atoms with Gasteiger partial charge in [-0.15, -0.1) is 0 Å². The highest BCUT2D eigenvalue weighted by Gasteiger charge is 2.34. The number of amides is 3. The minimum Gasteiger partial charge on any atom is -0.386 e. The molecule has 0 bridgehead atoms. The fourth-order valence-corrected chi connectivity index (χ4v) is 2.58. The Bertz CT molecular complexity index is 607. The maximum Gasteiger partial charge on any atom is 0.261 e. The van der Waals surface area contributed by atoms with Gasteiger partial charge in [0.25, 0.3) is 11.8 Å². The summed E-state index contributed by atoms with van der Waals surface area (Å²) in [5.41, 5.74) is -0.322. The zero-order valence-electron chi connectivity index (χ0n) is 13.9. The molecule has 7 nitrogen and oxygen atoms in total. The molecule has 0 fully saturated rings. The number of methoxy groups -OCH3 is 1. The molecule has 3 amide bonds. The van der Waals surface area contributed by atoms with E-state index in [0.29, 0.717) is 17.5 Å². The number of imide groups is 1. The standard InChI is InChI=1S/C17H22N2O5/c1-17(23,11-24-2)10-18-14(20)8-5-9-19-15(21)12-6-3-4-7-13(12)16(19)22/h3-4,6-7,23H,5,8-11H2,1-2H3,(H,18,20). The Hall–Kier alpha value is -2.25. The van der Waals surface area contributed by atoms with Crippen molar-refractivity contribution in [3.63, 3.8) is 0 Å². The van der Waals surface area contributed by atoms with Crippen molar-refractivity contribution in [3.8, 4) is 0 Å². The highest BCUT2D eigenvalue weighted by atomic mass is 16.5. The lowest BCUT2D eigenvalue weighted by molar-refractivity contribution is -0.122. The average molecular weight is 334 g/mol. The van der Waals surface area contributed by atoms with Crippen LogP contribution in [0.4, 0.5) is 0 Å². The van der Waals surface area contributed by atoms with Gasteiger partial charge in [0.2, 0.25) is 5.91 Å². The van der Waals surface area contributed by atoms with Crippen LogP contribution >= 0.6 is 0 Å². The third-order valence-corrected chi connectivity index (χ3v) is 3.79. The van der Waals surface area contributed by atoms with E-state index in [1.165, 1.54) is 12.0 Å². The van der Waals surface area contributed by atoms with E-state index >= 15 is 0 Å². The first-order chi connectivity index (χ1) is 11.4. The number of rotatable bonds is 8. The molecule has 0 aliphatic carbocycles. The fraction of sp³-hybridized carbons (Fsp3) is 0.471. The van der Waals surface area contributed by atoms with Crippen LogP contribution in [0.5, 0.6) is 0 Å². The van der Waals surface area contributed by atoms with Crippen molar-refractivity contribution in [2.45, 2.75) is 25.4 Å². The Labute approximate surface area is 140 Å². The van der Waals surface area contributed by atoms with Crippen molar-refractivity contribution in [3.05, 3.63) is 35.4 Å². The Morgan fingerprint density at radius 3 is 2.38 bits per heavy atom. The molecular weight excluding hydrogens is 312 g/mol. The van der Waals surface area contributed by atoms with Gasteiger partial charge < -0.3 is 15.2 Å². The van der Waals surface area contributed by atoms with E-state index < -0.39 is 5.60 Å². The van der Waals surface area contributed by atoms with E-state index in [4.69, 9.17) is 4.74 Å². The van der Waals surface area contributed by atoms with Gasteiger partial charge in [-0.3, -0.25) is 19.3 Å². The van der Waals surface area contributed by atoms with Gasteiger partial charge in [0.1, 0.15) is 5.60 Å². The number of aliphatic hydroxyl groups is 1. The number of fused-ring (bicyclic) bond motifs is 1. The van der Waals surface area contributed by atoms with E-state index in [0.717, 1.165) is 0 Å². The normalized spacial score (nSPS) is 16.0. The zero-order valence-corrected chi connectivity index (χ0v) is 13.9. The van der Waals surface area contributed by atoms with Crippen LogP contribution in [-0.2, 0) is 9.53 Å². The van der Waals surface area contributed by atoms with Crippen molar-refractivity contribution < 1.29 is 24.2 Å². The summed E-state index contributed by atoms with van der Waals surface area (Å²) < 4.78 is 4.86. The molecule has 130 valence electrons. The van der Waals surface area contributed by atoms with Gasteiger partial charge in [-0.1, -0.05) is 12.1 Å².